The molecular weight excluding hydrogens is 290 g/mol. The highest BCUT2D eigenvalue weighted by molar-refractivity contribution is 7.91. The van der Waals surface area contributed by atoms with Crippen LogP contribution >= 0.6 is 0 Å². The first-order chi connectivity index (χ1) is 9.91. The molecule has 2 fully saturated rings. The van der Waals surface area contributed by atoms with Gasteiger partial charge in [0.2, 0.25) is 5.91 Å². The van der Waals surface area contributed by atoms with Crippen LogP contribution in [0.2, 0.25) is 0 Å². The molecule has 6 nitrogen and oxygen atoms in total. The number of amides is 1. The number of hydrogen-bond donors (Lipinski definition) is 1. The van der Waals surface area contributed by atoms with E-state index >= 15 is 0 Å². The van der Waals surface area contributed by atoms with Crippen molar-refractivity contribution in [1.82, 2.24) is 9.80 Å². The van der Waals surface area contributed by atoms with Crippen molar-refractivity contribution in [3.05, 3.63) is 0 Å². The largest absolute Gasteiger partial charge is 0.343 e. The van der Waals surface area contributed by atoms with E-state index in [0.717, 1.165) is 32.5 Å². The van der Waals surface area contributed by atoms with Gasteiger partial charge in [-0.05, 0) is 25.8 Å². The number of carbonyl (C=O) groups is 1. The van der Waals surface area contributed by atoms with Crippen LogP contribution in [0.5, 0.6) is 0 Å². The summed E-state index contributed by atoms with van der Waals surface area (Å²) in [4.78, 5) is 16.2. The molecule has 21 heavy (non-hydrogen) atoms. The lowest BCUT2D eigenvalue weighted by Crippen LogP contribution is -2.44. The molecule has 2 saturated heterocycles. The molecule has 0 aliphatic carbocycles. The van der Waals surface area contributed by atoms with Gasteiger partial charge in [0.25, 0.3) is 0 Å². The fraction of sp³-hybridized carbons (Fsp3) is 0.929. The second kappa shape index (κ2) is 7.07. The Balaban J connectivity index is 1.79. The van der Waals surface area contributed by atoms with Crippen LogP contribution < -0.4 is 5.73 Å². The lowest BCUT2D eigenvalue weighted by atomic mass is 10.1. The van der Waals surface area contributed by atoms with E-state index in [4.69, 9.17) is 5.73 Å². The molecular formula is C14H27N3O3S. The van der Waals surface area contributed by atoms with Crippen molar-refractivity contribution in [3.8, 4) is 0 Å². The smallest absolute Gasteiger partial charge is 0.223 e. The summed E-state index contributed by atoms with van der Waals surface area (Å²) >= 11 is 0. The maximum atomic E-state index is 12.2. The molecule has 0 radical (unpaired) electrons. The Morgan fingerprint density at radius 1 is 1.29 bits per heavy atom. The van der Waals surface area contributed by atoms with Crippen LogP contribution in [0.25, 0.3) is 0 Å². The average Bonchev–Trinajstić information content (AvgIpc) is 2.80. The molecule has 0 aromatic carbocycles. The maximum absolute atomic E-state index is 12.2. The summed E-state index contributed by atoms with van der Waals surface area (Å²) in [5.41, 5.74) is 5.85. The second-order valence-corrected chi connectivity index (χ2v) is 8.38. The molecule has 7 heteroatoms. The Morgan fingerprint density at radius 3 is 2.48 bits per heavy atom. The zero-order valence-corrected chi connectivity index (χ0v) is 13.6. The molecule has 2 N–H and O–H groups in total. The number of rotatable bonds is 5. The number of carbonyl (C=O) groups excluding carboxylic acids is 1. The van der Waals surface area contributed by atoms with Crippen molar-refractivity contribution < 1.29 is 13.2 Å². The third-order valence-electron chi connectivity index (χ3n) is 4.64. The van der Waals surface area contributed by atoms with Crippen molar-refractivity contribution in [2.45, 2.75) is 44.7 Å². The topological polar surface area (TPSA) is 83.7 Å². The Labute approximate surface area is 127 Å². The molecule has 2 aliphatic rings. The predicted molar refractivity (Wildman–Crippen MR) is 82.7 cm³/mol. The molecule has 2 aliphatic heterocycles. The summed E-state index contributed by atoms with van der Waals surface area (Å²) in [6.07, 6.45) is 2.93. The Hall–Kier alpha value is -0.660. The van der Waals surface area contributed by atoms with Crippen molar-refractivity contribution in [3.63, 3.8) is 0 Å². The molecule has 1 atom stereocenters. The van der Waals surface area contributed by atoms with Gasteiger partial charge < -0.3 is 10.6 Å². The minimum absolute atomic E-state index is 0.0857. The molecule has 1 amide bonds. The quantitative estimate of drug-likeness (QED) is 0.761. The minimum atomic E-state index is -2.87. The van der Waals surface area contributed by atoms with Crippen LogP contribution in [0.1, 0.15) is 32.6 Å². The first-order valence-electron chi connectivity index (χ1n) is 7.89. The molecule has 2 heterocycles. The van der Waals surface area contributed by atoms with E-state index in [1.165, 1.54) is 0 Å². The number of likely N-dealkylation sites (tertiary alicyclic amines) is 1. The van der Waals surface area contributed by atoms with Gasteiger partial charge in [0, 0.05) is 38.1 Å². The standard InChI is InChI=1S/C14H27N3O3S/c1-2-16(13-6-10-21(19,20)11-13)9-5-14(18)17-7-3-12(15)4-8-17/h12-13H,2-11,15H2,1H3. The third-order valence-corrected chi connectivity index (χ3v) is 6.39. The van der Waals surface area contributed by atoms with Gasteiger partial charge in [0.1, 0.15) is 0 Å². The van der Waals surface area contributed by atoms with Gasteiger partial charge in [-0.25, -0.2) is 8.42 Å². The molecule has 0 bridgehead atoms. The highest BCUT2D eigenvalue weighted by atomic mass is 32.2. The molecule has 0 aromatic rings. The van der Waals surface area contributed by atoms with Gasteiger partial charge in [-0.15, -0.1) is 0 Å². The number of piperidine rings is 1. The second-order valence-electron chi connectivity index (χ2n) is 6.15. The molecule has 0 spiro atoms. The van der Waals surface area contributed by atoms with Crippen molar-refractivity contribution in [1.29, 1.82) is 0 Å². The summed E-state index contributed by atoms with van der Waals surface area (Å²) in [6, 6.07) is 0.312. The number of nitrogens with zero attached hydrogens (tertiary/aromatic N) is 2. The fourth-order valence-corrected chi connectivity index (χ4v) is 4.97. The summed E-state index contributed by atoms with van der Waals surface area (Å²) < 4.78 is 23.1. The van der Waals surface area contributed by atoms with Crippen molar-refractivity contribution in [2.24, 2.45) is 5.73 Å². The monoisotopic (exact) mass is 317 g/mol. The molecule has 122 valence electrons. The zero-order valence-electron chi connectivity index (χ0n) is 12.8. The van der Waals surface area contributed by atoms with Gasteiger partial charge in [-0.3, -0.25) is 9.69 Å². The van der Waals surface area contributed by atoms with E-state index < -0.39 is 9.84 Å². The van der Waals surface area contributed by atoms with Crippen molar-refractivity contribution in [2.75, 3.05) is 37.7 Å². The highest BCUT2D eigenvalue weighted by Crippen LogP contribution is 2.18. The van der Waals surface area contributed by atoms with E-state index in [0.29, 0.717) is 19.4 Å². The van der Waals surface area contributed by atoms with E-state index in [1.807, 2.05) is 11.8 Å². The van der Waals surface area contributed by atoms with Crippen LogP contribution in [0.4, 0.5) is 0 Å². The van der Waals surface area contributed by atoms with Crippen LogP contribution in [-0.4, -0.2) is 73.9 Å². The number of hydrogen-bond acceptors (Lipinski definition) is 5. The van der Waals surface area contributed by atoms with Crippen LogP contribution in [0.15, 0.2) is 0 Å². The maximum Gasteiger partial charge on any atom is 0.223 e. The summed E-state index contributed by atoms with van der Waals surface area (Å²) in [5.74, 6) is 0.695. The predicted octanol–water partition coefficient (Wildman–Crippen LogP) is -0.165. The summed E-state index contributed by atoms with van der Waals surface area (Å²) in [7, 11) is -2.87. The molecule has 2 rings (SSSR count). The molecule has 0 aromatic heterocycles. The zero-order chi connectivity index (χ0) is 15.5. The van der Waals surface area contributed by atoms with E-state index in [9.17, 15) is 13.2 Å². The lowest BCUT2D eigenvalue weighted by molar-refractivity contribution is -0.132. The Kier molecular flexibility index (Phi) is 5.62. The highest BCUT2D eigenvalue weighted by Gasteiger charge is 2.32. The summed E-state index contributed by atoms with van der Waals surface area (Å²) in [5, 5.41) is 0. The van der Waals surface area contributed by atoms with Gasteiger partial charge in [-0.1, -0.05) is 6.92 Å². The van der Waals surface area contributed by atoms with Crippen molar-refractivity contribution >= 4 is 15.7 Å². The van der Waals surface area contributed by atoms with Gasteiger partial charge >= 0.3 is 0 Å². The van der Waals surface area contributed by atoms with Crippen LogP contribution in [0.3, 0.4) is 0 Å². The van der Waals surface area contributed by atoms with Gasteiger partial charge in [0.05, 0.1) is 11.5 Å². The first kappa shape index (κ1) is 16.7. The van der Waals surface area contributed by atoms with Gasteiger partial charge in [0.15, 0.2) is 9.84 Å². The third kappa shape index (κ3) is 4.66. The molecule has 1 unspecified atom stereocenters. The van der Waals surface area contributed by atoms with E-state index in [1.54, 1.807) is 0 Å². The van der Waals surface area contributed by atoms with Crippen LogP contribution in [0, 0.1) is 0 Å². The molecule has 0 saturated carbocycles. The first-order valence-corrected chi connectivity index (χ1v) is 9.71. The van der Waals surface area contributed by atoms with E-state index in [-0.39, 0.29) is 29.5 Å². The average molecular weight is 317 g/mol. The normalized spacial score (nSPS) is 26.4. The number of nitrogens with two attached hydrogens (primary N) is 1. The van der Waals surface area contributed by atoms with Gasteiger partial charge in [-0.2, -0.15) is 0 Å². The lowest BCUT2D eigenvalue weighted by Gasteiger charge is -2.32. The van der Waals surface area contributed by atoms with Crippen LogP contribution in [-0.2, 0) is 14.6 Å². The van der Waals surface area contributed by atoms with E-state index in [2.05, 4.69) is 4.90 Å². The fourth-order valence-electron chi connectivity index (χ4n) is 3.21. The Morgan fingerprint density at radius 2 is 1.95 bits per heavy atom. The Bertz CT molecular complexity index is 458. The minimum Gasteiger partial charge on any atom is -0.343 e. The SMILES string of the molecule is CCN(CCC(=O)N1CCC(N)CC1)C1CCS(=O)(=O)C1. The number of sulfone groups is 1. The summed E-state index contributed by atoms with van der Waals surface area (Å²) in [6.45, 7) is 4.97.